The molecular formula is C19H28N4OS. The number of amides is 1. The SMILES string of the molecule is C=CC(=O)Nc1ccc(SN2CCN(C3CCN(C)CC3)CC2)cc1. The van der Waals surface area contributed by atoms with Gasteiger partial charge >= 0.3 is 0 Å². The first-order valence-electron chi connectivity index (χ1n) is 9.03. The lowest BCUT2D eigenvalue weighted by molar-refractivity contribution is -0.111. The highest BCUT2D eigenvalue weighted by atomic mass is 32.2. The molecule has 0 saturated carbocycles. The third kappa shape index (κ3) is 5.31. The molecule has 1 aromatic carbocycles. The van der Waals surface area contributed by atoms with Crippen molar-refractivity contribution >= 4 is 23.5 Å². The molecule has 2 fully saturated rings. The summed E-state index contributed by atoms with van der Waals surface area (Å²) in [6, 6.07) is 8.78. The van der Waals surface area contributed by atoms with Crippen molar-refractivity contribution in [2.75, 3.05) is 51.6 Å². The number of likely N-dealkylation sites (tertiary alicyclic amines) is 1. The number of hydrogen-bond acceptors (Lipinski definition) is 5. The molecule has 5 nitrogen and oxygen atoms in total. The second-order valence-corrected chi connectivity index (χ2v) is 7.98. The Morgan fingerprint density at radius 3 is 2.36 bits per heavy atom. The van der Waals surface area contributed by atoms with E-state index in [0.717, 1.165) is 37.9 Å². The maximum Gasteiger partial charge on any atom is 0.247 e. The van der Waals surface area contributed by atoms with Crippen LogP contribution in [0.1, 0.15) is 12.8 Å². The predicted molar refractivity (Wildman–Crippen MR) is 105 cm³/mol. The summed E-state index contributed by atoms with van der Waals surface area (Å²) in [5, 5.41) is 2.78. The molecule has 0 spiro atoms. The minimum Gasteiger partial charge on any atom is -0.323 e. The number of hydrogen-bond donors (Lipinski definition) is 1. The van der Waals surface area contributed by atoms with E-state index in [1.807, 2.05) is 24.1 Å². The largest absolute Gasteiger partial charge is 0.323 e. The van der Waals surface area contributed by atoms with E-state index in [-0.39, 0.29) is 5.91 Å². The summed E-state index contributed by atoms with van der Waals surface area (Å²) in [6.45, 7) is 10.5. The van der Waals surface area contributed by atoms with Crippen molar-refractivity contribution in [3.05, 3.63) is 36.9 Å². The summed E-state index contributed by atoms with van der Waals surface area (Å²) in [4.78, 5) is 17.6. The van der Waals surface area contributed by atoms with E-state index in [1.165, 1.54) is 36.9 Å². The van der Waals surface area contributed by atoms with Gasteiger partial charge in [-0.15, -0.1) is 0 Å². The molecule has 2 heterocycles. The third-order valence-electron chi connectivity index (χ3n) is 5.02. The zero-order valence-corrected chi connectivity index (χ0v) is 15.8. The molecule has 1 amide bonds. The quantitative estimate of drug-likeness (QED) is 0.645. The van der Waals surface area contributed by atoms with Gasteiger partial charge in [0, 0.05) is 42.8 Å². The molecule has 2 aliphatic rings. The lowest BCUT2D eigenvalue weighted by atomic mass is 10.0. The predicted octanol–water partition coefficient (Wildman–Crippen LogP) is 2.53. The van der Waals surface area contributed by atoms with Crippen LogP contribution < -0.4 is 5.32 Å². The number of benzene rings is 1. The van der Waals surface area contributed by atoms with Crippen molar-refractivity contribution in [2.24, 2.45) is 0 Å². The molecular weight excluding hydrogens is 332 g/mol. The van der Waals surface area contributed by atoms with E-state index in [2.05, 4.69) is 45.2 Å². The molecule has 3 rings (SSSR count). The standard InChI is InChI=1S/C19H28N4OS/c1-3-19(24)20-16-4-6-18(7-5-16)25-23-14-12-22(13-15-23)17-8-10-21(2)11-9-17/h3-7,17H,1,8-15H2,2H3,(H,20,24). The second-order valence-electron chi connectivity index (χ2n) is 6.81. The lowest BCUT2D eigenvalue weighted by Gasteiger charge is -2.41. The van der Waals surface area contributed by atoms with Gasteiger partial charge in [0.15, 0.2) is 0 Å². The first-order valence-corrected chi connectivity index (χ1v) is 9.80. The van der Waals surface area contributed by atoms with Crippen LogP contribution >= 0.6 is 11.9 Å². The van der Waals surface area contributed by atoms with Crippen molar-refractivity contribution in [1.82, 2.24) is 14.1 Å². The summed E-state index contributed by atoms with van der Waals surface area (Å²) in [7, 11) is 2.22. The van der Waals surface area contributed by atoms with Gasteiger partial charge in [0.2, 0.25) is 5.91 Å². The molecule has 0 aromatic heterocycles. The number of rotatable bonds is 5. The Morgan fingerprint density at radius 1 is 1.12 bits per heavy atom. The van der Waals surface area contributed by atoms with Gasteiger partial charge in [-0.2, -0.15) is 0 Å². The molecule has 0 radical (unpaired) electrons. The maximum atomic E-state index is 11.3. The number of carbonyl (C=O) groups excluding carboxylic acids is 1. The maximum absolute atomic E-state index is 11.3. The van der Waals surface area contributed by atoms with Crippen LogP contribution in [0.3, 0.4) is 0 Å². The number of anilines is 1. The van der Waals surface area contributed by atoms with Crippen molar-refractivity contribution in [3.63, 3.8) is 0 Å². The Labute approximate surface area is 155 Å². The average Bonchev–Trinajstić information content (AvgIpc) is 2.64. The van der Waals surface area contributed by atoms with Crippen molar-refractivity contribution < 1.29 is 4.79 Å². The van der Waals surface area contributed by atoms with Crippen molar-refractivity contribution in [3.8, 4) is 0 Å². The van der Waals surface area contributed by atoms with Crippen molar-refractivity contribution in [1.29, 1.82) is 0 Å². The molecule has 6 heteroatoms. The topological polar surface area (TPSA) is 38.8 Å². The zero-order chi connectivity index (χ0) is 17.6. The Kier molecular flexibility index (Phi) is 6.53. The Morgan fingerprint density at radius 2 is 1.76 bits per heavy atom. The highest BCUT2D eigenvalue weighted by Gasteiger charge is 2.26. The molecule has 1 aromatic rings. The summed E-state index contributed by atoms with van der Waals surface area (Å²) < 4.78 is 2.45. The van der Waals surface area contributed by atoms with Gasteiger partial charge in [-0.25, -0.2) is 4.31 Å². The fourth-order valence-corrected chi connectivity index (χ4v) is 4.36. The molecule has 1 N–H and O–H groups in total. The Balaban J connectivity index is 1.44. The van der Waals surface area contributed by atoms with E-state index < -0.39 is 0 Å². The molecule has 0 bridgehead atoms. The van der Waals surface area contributed by atoms with Gasteiger partial charge in [-0.1, -0.05) is 6.58 Å². The van der Waals surface area contributed by atoms with Crippen molar-refractivity contribution in [2.45, 2.75) is 23.8 Å². The molecule has 0 atom stereocenters. The molecule has 136 valence electrons. The lowest BCUT2D eigenvalue weighted by Crippen LogP contribution is -2.51. The first-order chi connectivity index (χ1) is 12.1. The van der Waals surface area contributed by atoms with Gasteiger partial charge < -0.3 is 10.2 Å². The van der Waals surface area contributed by atoms with Gasteiger partial charge in [-0.05, 0) is 75.3 Å². The summed E-state index contributed by atoms with van der Waals surface area (Å²) in [5.41, 5.74) is 0.807. The monoisotopic (exact) mass is 360 g/mol. The Hall–Kier alpha value is -1.34. The summed E-state index contributed by atoms with van der Waals surface area (Å²) in [6.07, 6.45) is 3.90. The van der Waals surface area contributed by atoms with Crippen LogP contribution in [-0.2, 0) is 4.79 Å². The number of nitrogens with one attached hydrogen (secondary N) is 1. The summed E-state index contributed by atoms with van der Waals surface area (Å²) in [5.74, 6) is -0.176. The fourth-order valence-electron chi connectivity index (χ4n) is 3.46. The van der Waals surface area contributed by atoms with Crippen LogP contribution in [0.2, 0.25) is 0 Å². The third-order valence-corrected chi connectivity index (χ3v) is 6.13. The van der Waals surface area contributed by atoms with Crippen LogP contribution in [0.15, 0.2) is 41.8 Å². The zero-order valence-electron chi connectivity index (χ0n) is 15.0. The number of piperazine rings is 1. The highest BCUT2D eigenvalue weighted by Crippen LogP contribution is 2.26. The molecule has 0 aliphatic carbocycles. The van der Waals surface area contributed by atoms with Gasteiger partial charge in [-0.3, -0.25) is 9.69 Å². The van der Waals surface area contributed by atoms with E-state index in [0.29, 0.717) is 0 Å². The van der Waals surface area contributed by atoms with Crippen LogP contribution in [0.25, 0.3) is 0 Å². The van der Waals surface area contributed by atoms with Crippen LogP contribution in [0.5, 0.6) is 0 Å². The van der Waals surface area contributed by atoms with E-state index >= 15 is 0 Å². The van der Waals surface area contributed by atoms with E-state index in [4.69, 9.17) is 0 Å². The minimum absolute atomic E-state index is 0.176. The summed E-state index contributed by atoms with van der Waals surface area (Å²) >= 11 is 1.81. The van der Waals surface area contributed by atoms with Crippen LogP contribution in [0.4, 0.5) is 5.69 Å². The van der Waals surface area contributed by atoms with E-state index in [9.17, 15) is 4.79 Å². The Bertz CT molecular complexity index is 576. The van der Waals surface area contributed by atoms with Crippen LogP contribution in [0, 0.1) is 0 Å². The van der Waals surface area contributed by atoms with Gasteiger partial charge in [0.05, 0.1) is 0 Å². The smallest absolute Gasteiger partial charge is 0.247 e. The fraction of sp³-hybridized carbons (Fsp3) is 0.526. The molecule has 0 unspecified atom stereocenters. The first kappa shape index (κ1) is 18.5. The van der Waals surface area contributed by atoms with Gasteiger partial charge in [0.1, 0.15) is 0 Å². The second kappa shape index (κ2) is 8.85. The highest BCUT2D eigenvalue weighted by molar-refractivity contribution is 7.97. The number of piperidine rings is 1. The number of nitrogens with zero attached hydrogens (tertiary/aromatic N) is 3. The molecule has 2 aliphatic heterocycles. The normalized spacial score (nSPS) is 21.2. The molecule has 2 saturated heterocycles. The van der Waals surface area contributed by atoms with E-state index in [1.54, 1.807) is 0 Å². The molecule has 25 heavy (non-hydrogen) atoms. The minimum atomic E-state index is -0.176. The van der Waals surface area contributed by atoms with Gasteiger partial charge in [0.25, 0.3) is 0 Å². The average molecular weight is 361 g/mol. The number of carbonyl (C=O) groups is 1. The van der Waals surface area contributed by atoms with Crippen LogP contribution in [-0.4, -0.2) is 72.4 Å².